The predicted molar refractivity (Wildman–Crippen MR) is 135 cm³/mol. The second-order valence-corrected chi connectivity index (χ2v) is 7.92. The molecule has 4 rings (SSSR count). The van der Waals surface area contributed by atoms with E-state index in [1.807, 2.05) is 78.9 Å². The molecule has 0 aliphatic rings. The van der Waals surface area contributed by atoms with Gasteiger partial charge >= 0.3 is 0 Å². The highest BCUT2D eigenvalue weighted by molar-refractivity contribution is 6.30. The standard InChI is InChI=1S/C28H23ClN2O3/c29-25-13-9-22(10-14-25)20-33-26-15-11-24(12-16-26)28(32)31-30-18-23-7-4-8-27(17-23)34-19-21-5-2-1-3-6-21/h1-18H,19-20H2,(H,31,32). The molecule has 0 aliphatic carbocycles. The van der Waals surface area contributed by atoms with E-state index < -0.39 is 0 Å². The van der Waals surface area contributed by atoms with Crippen molar-refractivity contribution < 1.29 is 14.3 Å². The molecule has 0 saturated carbocycles. The summed E-state index contributed by atoms with van der Waals surface area (Å²) in [6.07, 6.45) is 1.58. The average Bonchev–Trinajstić information content (AvgIpc) is 2.88. The SMILES string of the molecule is O=C(NN=Cc1cccc(OCc2ccccc2)c1)c1ccc(OCc2ccc(Cl)cc2)cc1. The molecule has 0 bridgehead atoms. The van der Waals surface area contributed by atoms with Crippen molar-refractivity contribution in [2.75, 3.05) is 0 Å². The molecule has 0 radical (unpaired) electrons. The molecule has 0 unspecified atom stereocenters. The number of benzene rings is 4. The van der Waals surface area contributed by atoms with Crippen LogP contribution in [0.25, 0.3) is 0 Å². The number of carbonyl (C=O) groups is 1. The van der Waals surface area contributed by atoms with Gasteiger partial charge in [-0.05, 0) is 65.2 Å². The normalized spacial score (nSPS) is 10.7. The maximum Gasteiger partial charge on any atom is 0.271 e. The third kappa shape index (κ3) is 6.95. The van der Waals surface area contributed by atoms with Crippen LogP contribution in [0.3, 0.4) is 0 Å². The van der Waals surface area contributed by atoms with Gasteiger partial charge in [-0.1, -0.05) is 66.2 Å². The lowest BCUT2D eigenvalue weighted by atomic mass is 10.2. The molecule has 0 spiro atoms. The van der Waals surface area contributed by atoms with Crippen molar-refractivity contribution in [1.29, 1.82) is 0 Å². The van der Waals surface area contributed by atoms with Crippen molar-refractivity contribution in [1.82, 2.24) is 5.43 Å². The Morgan fingerprint density at radius 2 is 1.44 bits per heavy atom. The van der Waals surface area contributed by atoms with Gasteiger partial charge in [0, 0.05) is 10.6 Å². The molecule has 0 saturated heterocycles. The summed E-state index contributed by atoms with van der Waals surface area (Å²) in [6.45, 7) is 0.902. The van der Waals surface area contributed by atoms with Gasteiger partial charge in [-0.2, -0.15) is 5.10 Å². The van der Waals surface area contributed by atoms with E-state index in [1.165, 1.54) is 0 Å². The topological polar surface area (TPSA) is 59.9 Å². The number of nitrogens with zero attached hydrogens (tertiary/aromatic N) is 1. The van der Waals surface area contributed by atoms with Crippen LogP contribution in [0.5, 0.6) is 11.5 Å². The molecule has 0 atom stereocenters. The van der Waals surface area contributed by atoms with Crippen LogP contribution >= 0.6 is 11.6 Å². The van der Waals surface area contributed by atoms with Crippen LogP contribution in [0.1, 0.15) is 27.0 Å². The number of hydrogen-bond acceptors (Lipinski definition) is 4. The van der Waals surface area contributed by atoms with Crippen LogP contribution in [-0.4, -0.2) is 12.1 Å². The van der Waals surface area contributed by atoms with E-state index in [-0.39, 0.29) is 5.91 Å². The Morgan fingerprint density at radius 1 is 0.765 bits per heavy atom. The second-order valence-electron chi connectivity index (χ2n) is 7.49. The molecule has 4 aromatic rings. The third-order valence-electron chi connectivity index (χ3n) is 4.92. The zero-order valence-corrected chi connectivity index (χ0v) is 19.1. The summed E-state index contributed by atoms with van der Waals surface area (Å²) in [4.78, 5) is 12.4. The fraction of sp³-hybridized carbons (Fsp3) is 0.0714. The van der Waals surface area contributed by atoms with Crippen LogP contribution in [0, 0.1) is 0 Å². The number of carbonyl (C=O) groups excluding carboxylic acids is 1. The van der Waals surface area contributed by atoms with E-state index >= 15 is 0 Å². The number of hydrazone groups is 1. The van der Waals surface area contributed by atoms with Crippen molar-refractivity contribution in [3.8, 4) is 11.5 Å². The number of ether oxygens (including phenoxy) is 2. The van der Waals surface area contributed by atoms with Crippen LogP contribution in [0.4, 0.5) is 0 Å². The smallest absolute Gasteiger partial charge is 0.271 e. The van der Waals surface area contributed by atoms with Crippen molar-refractivity contribution in [3.05, 3.63) is 130 Å². The minimum atomic E-state index is -0.308. The second kappa shape index (κ2) is 11.7. The monoisotopic (exact) mass is 470 g/mol. The first-order valence-electron chi connectivity index (χ1n) is 10.7. The first-order chi connectivity index (χ1) is 16.7. The number of halogens is 1. The third-order valence-corrected chi connectivity index (χ3v) is 5.17. The highest BCUT2D eigenvalue weighted by Gasteiger charge is 2.05. The Balaban J connectivity index is 1.26. The van der Waals surface area contributed by atoms with Gasteiger partial charge in [-0.25, -0.2) is 5.43 Å². The molecular weight excluding hydrogens is 448 g/mol. The number of hydrogen-bond donors (Lipinski definition) is 1. The molecule has 5 nitrogen and oxygen atoms in total. The number of rotatable bonds is 9. The lowest BCUT2D eigenvalue weighted by Crippen LogP contribution is -2.17. The fourth-order valence-corrected chi connectivity index (χ4v) is 3.23. The Kier molecular flexibility index (Phi) is 7.93. The van der Waals surface area contributed by atoms with Gasteiger partial charge in [0.2, 0.25) is 0 Å². The van der Waals surface area contributed by atoms with Gasteiger partial charge < -0.3 is 9.47 Å². The van der Waals surface area contributed by atoms with Crippen LogP contribution in [0.15, 0.2) is 108 Å². The summed E-state index contributed by atoms with van der Waals surface area (Å²) in [6, 6.07) is 31.8. The summed E-state index contributed by atoms with van der Waals surface area (Å²) in [5, 5.41) is 4.75. The number of nitrogens with one attached hydrogen (secondary N) is 1. The van der Waals surface area contributed by atoms with E-state index in [1.54, 1.807) is 30.5 Å². The molecule has 0 fully saturated rings. The molecule has 1 amide bonds. The Bertz CT molecular complexity index is 1240. The first kappa shape index (κ1) is 23.1. The highest BCUT2D eigenvalue weighted by atomic mass is 35.5. The molecule has 0 heterocycles. The molecule has 1 N–H and O–H groups in total. The summed E-state index contributed by atoms with van der Waals surface area (Å²) in [7, 11) is 0. The molecule has 6 heteroatoms. The van der Waals surface area contributed by atoms with Crippen molar-refractivity contribution in [2.24, 2.45) is 5.10 Å². The molecule has 4 aromatic carbocycles. The first-order valence-corrected chi connectivity index (χ1v) is 11.1. The van der Waals surface area contributed by atoms with Gasteiger partial charge in [0.05, 0.1) is 6.21 Å². The van der Waals surface area contributed by atoms with Gasteiger partial charge in [-0.3, -0.25) is 4.79 Å². The lowest BCUT2D eigenvalue weighted by molar-refractivity contribution is 0.0955. The highest BCUT2D eigenvalue weighted by Crippen LogP contribution is 2.16. The Hall–Kier alpha value is -4.09. The van der Waals surface area contributed by atoms with E-state index in [4.69, 9.17) is 21.1 Å². The van der Waals surface area contributed by atoms with E-state index in [9.17, 15) is 4.79 Å². The van der Waals surface area contributed by atoms with E-state index in [0.29, 0.717) is 29.5 Å². The minimum absolute atomic E-state index is 0.308. The quantitative estimate of drug-likeness (QED) is 0.232. The largest absolute Gasteiger partial charge is 0.489 e. The van der Waals surface area contributed by atoms with Gasteiger partial charge in [0.1, 0.15) is 24.7 Å². The zero-order valence-electron chi connectivity index (χ0n) is 18.4. The number of amides is 1. The average molecular weight is 471 g/mol. The van der Waals surface area contributed by atoms with Gasteiger partial charge in [-0.15, -0.1) is 0 Å². The van der Waals surface area contributed by atoms with Crippen molar-refractivity contribution in [2.45, 2.75) is 13.2 Å². The minimum Gasteiger partial charge on any atom is -0.489 e. The molecule has 0 aromatic heterocycles. The van der Waals surface area contributed by atoms with E-state index in [0.717, 1.165) is 22.4 Å². The predicted octanol–water partition coefficient (Wildman–Crippen LogP) is 6.26. The fourth-order valence-electron chi connectivity index (χ4n) is 3.11. The summed E-state index contributed by atoms with van der Waals surface area (Å²) < 4.78 is 11.6. The molecule has 0 aliphatic heterocycles. The van der Waals surface area contributed by atoms with Gasteiger partial charge in [0.15, 0.2) is 0 Å². The Morgan fingerprint density at radius 3 is 2.18 bits per heavy atom. The van der Waals surface area contributed by atoms with Crippen molar-refractivity contribution in [3.63, 3.8) is 0 Å². The van der Waals surface area contributed by atoms with Crippen molar-refractivity contribution >= 4 is 23.7 Å². The molecular formula is C28H23ClN2O3. The summed E-state index contributed by atoms with van der Waals surface area (Å²) >= 11 is 5.89. The maximum atomic E-state index is 12.4. The maximum absolute atomic E-state index is 12.4. The molecule has 34 heavy (non-hydrogen) atoms. The Labute approximate surface area is 203 Å². The van der Waals surface area contributed by atoms with Crippen LogP contribution in [0.2, 0.25) is 5.02 Å². The summed E-state index contributed by atoms with van der Waals surface area (Å²) in [5.41, 5.74) is 5.94. The van der Waals surface area contributed by atoms with Gasteiger partial charge in [0.25, 0.3) is 5.91 Å². The lowest BCUT2D eigenvalue weighted by Gasteiger charge is -2.07. The summed E-state index contributed by atoms with van der Waals surface area (Å²) in [5.74, 6) is 1.09. The zero-order chi connectivity index (χ0) is 23.6. The molecule has 170 valence electrons. The van der Waals surface area contributed by atoms with Crippen LogP contribution in [-0.2, 0) is 13.2 Å². The van der Waals surface area contributed by atoms with E-state index in [2.05, 4.69) is 10.5 Å². The van der Waals surface area contributed by atoms with Crippen LogP contribution < -0.4 is 14.9 Å².